The number of methoxy groups -OCH3 is 1. The van der Waals surface area contributed by atoms with E-state index in [0.717, 1.165) is 37.1 Å². The second-order valence-electron chi connectivity index (χ2n) is 9.06. The normalized spacial score (nSPS) is 16.9. The smallest absolute Gasteiger partial charge is 0.253 e. The molecule has 0 radical (unpaired) electrons. The Kier molecular flexibility index (Phi) is 7.28. The zero-order chi connectivity index (χ0) is 25.1. The van der Waals surface area contributed by atoms with Crippen LogP contribution in [0.5, 0.6) is 5.75 Å². The van der Waals surface area contributed by atoms with E-state index in [4.69, 9.17) is 4.74 Å². The zero-order valence-corrected chi connectivity index (χ0v) is 21.0. The predicted molar refractivity (Wildman–Crippen MR) is 137 cm³/mol. The summed E-state index contributed by atoms with van der Waals surface area (Å²) in [7, 11) is 1.55. The van der Waals surface area contributed by atoms with Crippen molar-refractivity contribution in [2.45, 2.75) is 46.1 Å². The van der Waals surface area contributed by atoms with Gasteiger partial charge in [0, 0.05) is 25.2 Å². The van der Waals surface area contributed by atoms with Crippen LogP contribution in [-0.4, -0.2) is 62.0 Å². The molecule has 1 N–H and O–H groups in total. The summed E-state index contributed by atoms with van der Waals surface area (Å²) in [6.07, 6.45) is 2.74. The van der Waals surface area contributed by atoms with Crippen molar-refractivity contribution in [1.82, 2.24) is 4.90 Å². The number of amides is 3. The average molecular weight is 479 g/mol. The number of anilines is 3. The van der Waals surface area contributed by atoms with Crippen LogP contribution in [0.4, 0.5) is 17.1 Å². The van der Waals surface area contributed by atoms with E-state index in [1.807, 2.05) is 45.0 Å². The fraction of sp³-hybridized carbons (Fsp3) is 0.444. The molecule has 0 aromatic heterocycles. The first kappa shape index (κ1) is 24.6. The van der Waals surface area contributed by atoms with Gasteiger partial charge in [-0.3, -0.25) is 19.3 Å². The molecule has 3 amide bonds. The lowest BCUT2D eigenvalue weighted by Crippen LogP contribution is -2.56. The third kappa shape index (κ3) is 4.83. The van der Waals surface area contributed by atoms with E-state index in [0.29, 0.717) is 35.8 Å². The van der Waals surface area contributed by atoms with Gasteiger partial charge in [0.15, 0.2) is 0 Å². The van der Waals surface area contributed by atoms with Gasteiger partial charge in [0.1, 0.15) is 18.3 Å². The monoisotopic (exact) mass is 478 g/mol. The first-order chi connectivity index (χ1) is 16.9. The maximum absolute atomic E-state index is 13.6. The van der Waals surface area contributed by atoms with Gasteiger partial charge < -0.3 is 19.9 Å². The number of hydrogen-bond acceptors (Lipinski definition) is 5. The molecule has 0 unspecified atom stereocenters. The van der Waals surface area contributed by atoms with Crippen molar-refractivity contribution < 1.29 is 19.1 Å². The van der Waals surface area contributed by atoms with Crippen molar-refractivity contribution in [2.75, 3.05) is 48.4 Å². The Bertz CT molecular complexity index is 1130. The van der Waals surface area contributed by atoms with E-state index in [1.165, 1.54) is 0 Å². The molecule has 1 fully saturated rings. The fourth-order valence-electron chi connectivity index (χ4n) is 5.00. The molecular formula is C27H34N4O4. The number of carbonyl (C=O) groups is 3. The number of benzene rings is 2. The molecule has 0 aliphatic carbocycles. The fourth-order valence-corrected chi connectivity index (χ4v) is 5.00. The Hall–Kier alpha value is -3.55. The van der Waals surface area contributed by atoms with Crippen molar-refractivity contribution in [3.05, 3.63) is 47.5 Å². The van der Waals surface area contributed by atoms with E-state index in [9.17, 15) is 14.4 Å². The van der Waals surface area contributed by atoms with Crippen molar-refractivity contribution in [3.8, 4) is 5.75 Å². The van der Waals surface area contributed by atoms with Crippen LogP contribution in [0.15, 0.2) is 36.4 Å². The molecule has 2 heterocycles. The number of fused-ring (bicyclic) bond motifs is 3. The highest BCUT2D eigenvalue weighted by atomic mass is 16.5. The van der Waals surface area contributed by atoms with Crippen LogP contribution in [-0.2, 0) is 9.59 Å². The van der Waals surface area contributed by atoms with Crippen molar-refractivity contribution in [2.24, 2.45) is 0 Å². The van der Waals surface area contributed by atoms with Gasteiger partial charge in [-0.15, -0.1) is 0 Å². The van der Waals surface area contributed by atoms with Crippen molar-refractivity contribution in [3.63, 3.8) is 0 Å². The lowest BCUT2D eigenvalue weighted by molar-refractivity contribution is -0.123. The van der Waals surface area contributed by atoms with Gasteiger partial charge in [0.05, 0.1) is 24.2 Å². The second-order valence-corrected chi connectivity index (χ2v) is 9.06. The molecule has 1 saturated heterocycles. The lowest BCUT2D eigenvalue weighted by Gasteiger charge is -2.45. The maximum Gasteiger partial charge on any atom is 0.253 e. The molecule has 0 saturated carbocycles. The molecule has 2 aromatic carbocycles. The van der Waals surface area contributed by atoms with Crippen LogP contribution in [0.2, 0.25) is 0 Å². The number of ether oxygens (including phenoxy) is 1. The second kappa shape index (κ2) is 10.4. The first-order valence-electron chi connectivity index (χ1n) is 12.3. The van der Waals surface area contributed by atoms with Gasteiger partial charge >= 0.3 is 0 Å². The van der Waals surface area contributed by atoms with Gasteiger partial charge in [-0.1, -0.05) is 6.07 Å². The van der Waals surface area contributed by atoms with Gasteiger partial charge in [-0.2, -0.15) is 0 Å². The van der Waals surface area contributed by atoms with Crippen LogP contribution >= 0.6 is 0 Å². The number of nitrogens with zero attached hydrogens (tertiary/aromatic N) is 3. The van der Waals surface area contributed by atoms with Crippen LogP contribution in [0.25, 0.3) is 0 Å². The van der Waals surface area contributed by atoms with Gasteiger partial charge in [0.2, 0.25) is 11.8 Å². The SMILES string of the molecule is CCN(CC)C(=O)c1ccc2c(c1)N(CC(=O)Nc1cc(C)ccc1OC)C(=O)[C@@H]1CCCCN21. The summed E-state index contributed by atoms with van der Waals surface area (Å²) >= 11 is 0. The van der Waals surface area contributed by atoms with E-state index in [2.05, 4.69) is 10.2 Å². The quantitative estimate of drug-likeness (QED) is 0.654. The number of piperidine rings is 1. The Balaban J connectivity index is 1.67. The Morgan fingerprint density at radius 3 is 2.57 bits per heavy atom. The van der Waals surface area contributed by atoms with Gasteiger partial charge in [0.25, 0.3) is 5.91 Å². The number of nitrogens with one attached hydrogen (secondary N) is 1. The number of rotatable bonds is 7. The standard InChI is InChI=1S/C27H34N4O4/c1-5-29(6-2)26(33)19-11-12-21-23(16-19)31(27(34)22-9-7-8-14-30(21)22)17-25(32)28-20-15-18(3)10-13-24(20)35-4/h10-13,15-16,22H,5-9,14,17H2,1-4H3,(H,28,32)/t22-/m0/s1. The summed E-state index contributed by atoms with van der Waals surface area (Å²) in [6.45, 7) is 7.67. The zero-order valence-electron chi connectivity index (χ0n) is 21.0. The average Bonchev–Trinajstić information content (AvgIpc) is 2.87. The molecule has 2 aliphatic heterocycles. The number of hydrogen-bond donors (Lipinski definition) is 1. The summed E-state index contributed by atoms with van der Waals surface area (Å²) in [6, 6.07) is 10.8. The maximum atomic E-state index is 13.6. The predicted octanol–water partition coefficient (Wildman–Crippen LogP) is 3.83. The van der Waals surface area contributed by atoms with Crippen molar-refractivity contribution in [1.29, 1.82) is 0 Å². The Morgan fingerprint density at radius 1 is 1.09 bits per heavy atom. The van der Waals surface area contributed by atoms with Crippen LogP contribution in [0.3, 0.4) is 0 Å². The molecule has 35 heavy (non-hydrogen) atoms. The summed E-state index contributed by atoms with van der Waals surface area (Å²) in [4.78, 5) is 45.2. The van der Waals surface area contributed by atoms with E-state index >= 15 is 0 Å². The van der Waals surface area contributed by atoms with E-state index in [1.54, 1.807) is 29.0 Å². The van der Waals surface area contributed by atoms with Gasteiger partial charge in [-0.25, -0.2) is 0 Å². The van der Waals surface area contributed by atoms with E-state index in [-0.39, 0.29) is 30.3 Å². The summed E-state index contributed by atoms with van der Waals surface area (Å²) < 4.78 is 5.38. The van der Waals surface area contributed by atoms with Crippen LogP contribution < -0.4 is 19.9 Å². The molecule has 0 spiro atoms. The minimum absolute atomic E-state index is 0.0834. The molecule has 186 valence electrons. The van der Waals surface area contributed by atoms with Gasteiger partial charge in [-0.05, 0) is 75.9 Å². The lowest BCUT2D eigenvalue weighted by atomic mass is 9.95. The number of carbonyl (C=O) groups excluding carboxylic acids is 3. The van der Waals surface area contributed by atoms with Crippen molar-refractivity contribution >= 4 is 34.8 Å². The highest BCUT2D eigenvalue weighted by molar-refractivity contribution is 6.11. The van der Waals surface area contributed by atoms with Crippen LogP contribution in [0, 0.1) is 6.92 Å². The number of aryl methyl sites for hydroxylation is 1. The molecule has 8 heteroatoms. The summed E-state index contributed by atoms with van der Waals surface area (Å²) in [5, 5.41) is 2.90. The first-order valence-corrected chi connectivity index (χ1v) is 12.3. The molecule has 2 aromatic rings. The third-order valence-corrected chi connectivity index (χ3v) is 6.86. The highest BCUT2D eigenvalue weighted by Gasteiger charge is 2.40. The molecule has 8 nitrogen and oxygen atoms in total. The largest absolute Gasteiger partial charge is 0.495 e. The molecule has 1 atom stereocenters. The van der Waals surface area contributed by atoms with Crippen LogP contribution in [0.1, 0.15) is 49.0 Å². The molecule has 2 aliphatic rings. The third-order valence-electron chi connectivity index (χ3n) is 6.86. The molecular weight excluding hydrogens is 444 g/mol. The molecule has 4 rings (SSSR count). The topological polar surface area (TPSA) is 82.2 Å². The molecule has 0 bridgehead atoms. The Labute approximate surface area is 206 Å². The highest BCUT2D eigenvalue weighted by Crippen LogP contribution is 2.40. The minimum Gasteiger partial charge on any atom is -0.495 e. The Morgan fingerprint density at radius 2 is 1.86 bits per heavy atom. The summed E-state index contributed by atoms with van der Waals surface area (Å²) in [5.41, 5.74) is 3.56. The minimum atomic E-state index is -0.321. The summed E-state index contributed by atoms with van der Waals surface area (Å²) in [5.74, 6) is 0.0497. The van der Waals surface area contributed by atoms with E-state index < -0.39 is 0 Å².